The second kappa shape index (κ2) is 8.74. The first-order chi connectivity index (χ1) is 16.5. The fourth-order valence-corrected chi connectivity index (χ4v) is 3.78. The molecule has 0 aliphatic heterocycles. The maximum absolute atomic E-state index is 13.1. The summed E-state index contributed by atoms with van der Waals surface area (Å²) < 4.78 is 6.91. The Hall–Kier alpha value is -4.59. The van der Waals surface area contributed by atoms with Crippen LogP contribution in [-0.2, 0) is 11.3 Å². The Kier molecular flexibility index (Phi) is 5.47. The Morgan fingerprint density at radius 1 is 1.03 bits per heavy atom. The average molecular weight is 451 g/mol. The molecule has 1 amide bonds. The highest BCUT2D eigenvalue weighted by Gasteiger charge is 2.18. The van der Waals surface area contributed by atoms with Gasteiger partial charge in [-0.05, 0) is 55.3 Å². The summed E-state index contributed by atoms with van der Waals surface area (Å²) in [5, 5.41) is 7.63. The molecule has 1 N–H and O–H groups in total. The third-order valence-electron chi connectivity index (χ3n) is 5.69. The lowest BCUT2D eigenvalue weighted by Crippen LogP contribution is -2.27. The number of hydrogen-bond acceptors (Lipinski definition) is 6. The predicted molar refractivity (Wildman–Crippen MR) is 129 cm³/mol. The van der Waals surface area contributed by atoms with Gasteiger partial charge in [0, 0.05) is 35.1 Å². The topological polar surface area (TPSA) is 103 Å². The molecular weight excluding hydrogens is 430 g/mol. The number of nitrogens with zero attached hydrogens (tertiary/aromatic N) is 4. The summed E-state index contributed by atoms with van der Waals surface area (Å²) >= 11 is 0. The number of amides is 1. The minimum Gasteiger partial charge on any atom is -0.334 e. The van der Waals surface area contributed by atoms with Gasteiger partial charge in [0.25, 0.3) is 11.4 Å². The maximum atomic E-state index is 13.1. The molecule has 0 bridgehead atoms. The van der Waals surface area contributed by atoms with Crippen molar-refractivity contribution in [2.75, 3.05) is 5.32 Å². The van der Waals surface area contributed by atoms with E-state index in [1.54, 1.807) is 24.5 Å². The smallest absolute Gasteiger partial charge is 0.259 e. The predicted octanol–water partition coefficient (Wildman–Crippen LogP) is 4.37. The van der Waals surface area contributed by atoms with E-state index in [4.69, 9.17) is 4.52 Å². The van der Waals surface area contributed by atoms with E-state index in [0.717, 1.165) is 16.5 Å². The SMILES string of the molecule is Cc1ccc(NC(=O)Cn2c(=O)cc(-c3nc(-c4cccnc4)no3)c3ccccc32)cc1C. The zero-order valence-corrected chi connectivity index (χ0v) is 18.6. The number of carbonyl (C=O) groups excluding carboxylic acids is 1. The van der Waals surface area contributed by atoms with Crippen LogP contribution in [0, 0.1) is 13.8 Å². The fraction of sp³-hybridized carbons (Fsp3) is 0.115. The molecule has 0 atom stereocenters. The molecule has 0 fully saturated rings. The van der Waals surface area contributed by atoms with E-state index < -0.39 is 0 Å². The molecule has 3 aromatic heterocycles. The van der Waals surface area contributed by atoms with Crippen LogP contribution >= 0.6 is 0 Å². The number of aryl methyl sites for hydroxylation is 2. The van der Waals surface area contributed by atoms with Gasteiger partial charge in [-0.15, -0.1) is 0 Å². The van der Waals surface area contributed by atoms with Gasteiger partial charge >= 0.3 is 0 Å². The summed E-state index contributed by atoms with van der Waals surface area (Å²) in [6.07, 6.45) is 3.30. The van der Waals surface area contributed by atoms with Gasteiger partial charge in [0.15, 0.2) is 0 Å². The average Bonchev–Trinajstić information content (AvgIpc) is 3.34. The number of pyridine rings is 2. The molecular formula is C26H21N5O3. The van der Waals surface area contributed by atoms with Gasteiger partial charge in [-0.2, -0.15) is 4.98 Å². The van der Waals surface area contributed by atoms with Crippen molar-refractivity contribution in [2.45, 2.75) is 20.4 Å². The van der Waals surface area contributed by atoms with Crippen molar-refractivity contribution in [2.24, 2.45) is 0 Å². The van der Waals surface area contributed by atoms with Gasteiger partial charge in [0.2, 0.25) is 11.7 Å². The minimum atomic E-state index is -0.343. The first kappa shape index (κ1) is 21.3. The zero-order valence-electron chi connectivity index (χ0n) is 18.6. The summed E-state index contributed by atoms with van der Waals surface area (Å²) in [4.78, 5) is 34.4. The van der Waals surface area contributed by atoms with Crippen molar-refractivity contribution in [3.8, 4) is 22.8 Å². The van der Waals surface area contributed by atoms with E-state index in [2.05, 4.69) is 20.4 Å². The van der Waals surface area contributed by atoms with Gasteiger partial charge in [0.1, 0.15) is 6.54 Å². The number of fused-ring (bicyclic) bond motifs is 1. The van der Waals surface area contributed by atoms with E-state index in [-0.39, 0.29) is 23.9 Å². The van der Waals surface area contributed by atoms with Crippen LogP contribution in [0.15, 0.2) is 82.4 Å². The quantitative estimate of drug-likeness (QED) is 0.426. The molecule has 2 aromatic carbocycles. The first-order valence-corrected chi connectivity index (χ1v) is 10.7. The van der Waals surface area contributed by atoms with E-state index in [1.165, 1.54) is 10.6 Å². The van der Waals surface area contributed by atoms with Crippen LogP contribution in [0.5, 0.6) is 0 Å². The molecule has 168 valence electrons. The Morgan fingerprint density at radius 2 is 1.88 bits per heavy atom. The Morgan fingerprint density at radius 3 is 2.68 bits per heavy atom. The lowest BCUT2D eigenvalue weighted by Gasteiger charge is -2.13. The Labute approximate surface area is 194 Å². The lowest BCUT2D eigenvalue weighted by molar-refractivity contribution is -0.116. The van der Waals surface area contributed by atoms with Gasteiger partial charge in [-0.3, -0.25) is 19.1 Å². The molecule has 0 aliphatic carbocycles. The van der Waals surface area contributed by atoms with Crippen LogP contribution in [0.4, 0.5) is 5.69 Å². The summed E-state index contributed by atoms with van der Waals surface area (Å²) in [6, 6.07) is 18.1. The highest BCUT2D eigenvalue weighted by Crippen LogP contribution is 2.28. The van der Waals surface area contributed by atoms with Crippen molar-refractivity contribution in [3.05, 3.63) is 94.5 Å². The van der Waals surface area contributed by atoms with Crippen molar-refractivity contribution < 1.29 is 9.32 Å². The highest BCUT2D eigenvalue weighted by molar-refractivity contribution is 5.95. The molecule has 5 aromatic rings. The summed E-state index contributed by atoms with van der Waals surface area (Å²) in [7, 11) is 0. The molecule has 3 heterocycles. The third kappa shape index (κ3) is 4.09. The van der Waals surface area contributed by atoms with E-state index in [9.17, 15) is 9.59 Å². The van der Waals surface area contributed by atoms with Gasteiger partial charge in [-0.1, -0.05) is 29.4 Å². The monoisotopic (exact) mass is 451 g/mol. The van der Waals surface area contributed by atoms with Crippen LogP contribution < -0.4 is 10.9 Å². The lowest BCUT2D eigenvalue weighted by atomic mass is 10.1. The van der Waals surface area contributed by atoms with Crippen LogP contribution in [0.1, 0.15) is 11.1 Å². The normalized spacial score (nSPS) is 11.0. The number of hydrogen-bond donors (Lipinski definition) is 1. The molecule has 8 nitrogen and oxygen atoms in total. The zero-order chi connectivity index (χ0) is 23.7. The summed E-state index contributed by atoms with van der Waals surface area (Å²) in [6.45, 7) is 3.87. The molecule has 8 heteroatoms. The number of nitrogens with one attached hydrogen (secondary N) is 1. The second-order valence-electron chi connectivity index (χ2n) is 8.01. The van der Waals surface area contributed by atoms with Crippen LogP contribution in [0.2, 0.25) is 0 Å². The van der Waals surface area contributed by atoms with Crippen molar-refractivity contribution in [1.29, 1.82) is 0 Å². The molecule has 0 saturated carbocycles. The molecule has 0 unspecified atom stereocenters. The van der Waals surface area contributed by atoms with Crippen LogP contribution in [-0.4, -0.2) is 25.6 Å². The number of benzene rings is 2. The van der Waals surface area contributed by atoms with Crippen LogP contribution in [0.25, 0.3) is 33.7 Å². The number of para-hydroxylation sites is 1. The molecule has 0 radical (unpaired) electrons. The summed E-state index contributed by atoms with van der Waals surface area (Å²) in [5.41, 5.74) is 4.38. The van der Waals surface area contributed by atoms with Crippen molar-refractivity contribution in [1.82, 2.24) is 19.7 Å². The Bertz CT molecular complexity index is 1570. The van der Waals surface area contributed by atoms with E-state index >= 15 is 0 Å². The molecule has 0 saturated heterocycles. The molecule has 0 aliphatic rings. The van der Waals surface area contributed by atoms with Gasteiger partial charge in [0.05, 0.1) is 11.1 Å². The number of aromatic nitrogens is 4. The van der Waals surface area contributed by atoms with Crippen molar-refractivity contribution >= 4 is 22.5 Å². The maximum Gasteiger partial charge on any atom is 0.259 e. The van der Waals surface area contributed by atoms with Gasteiger partial charge in [-0.25, -0.2) is 0 Å². The van der Waals surface area contributed by atoms with E-state index in [1.807, 2.05) is 56.3 Å². The Balaban J connectivity index is 1.50. The number of carbonyl (C=O) groups is 1. The molecule has 34 heavy (non-hydrogen) atoms. The van der Waals surface area contributed by atoms with E-state index in [0.29, 0.717) is 28.2 Å². The summed E-state index contributed by atoms with van der Waals surface area (Å²) in [5.74, 6) is 0.308. The second-order valence-corrected chi connectivity index (χ2v) is 8.01. The third-order valence-corrected chi connectivity index (χ3v) is 5.69. The molecule has 0 spiro atoms. The number of anilines is 1. The standard InChI is InChI=1S/C26H21N5O3/c1-16-9-10-19(12-17(16)2)28-23(32)15-31-22-8-4-3-7-20(22)21(13-24(31)33)26-29-25(30-34-26)18-6-5-11-27-14-18/h3-14H,15H2,1-2H3,(H,28,32). The largest absolute Gasteiger partial charge is 0.334 e. The van der Waals surface area contributed by atoms with Crippen LogP contribution in [0.3, 0.4) is 0 Å². The van der Waals surface area contributed by atoms with Crippen molar-refractivity contribution in [3.63, 3.8) is 0 Å². The minimum absolute atomic E-state index is 0.128. The molecule has 5 rings (SSSR count). The first-order valence-electron chi connectivity index (χ1n) is 10.7. The highest BCUT2D eigenvalue weighted by atomic mass is 16.5. The number of rotatable bonds is 5. The fourth-order valence-electron chi connectivity index (χ4n) is 3.78. The van der Waals surface area contributed by atoms with Gasteiger partial charge < -0.3 is 9.84 Å².